The minimum Gasteiger partial charge on any atom is -0.497 e. The van der Waals surface area contributed by atoms with Crippen LogP contribution in [0.1, 0.15) is 29.5 Å². The fourth-order valence-corrected chi connectivity index (χ4v) is 7.47. The Morgan fingerprint density at radius 2 is 1.70 bits per heavy atom. The van der Waals surface area contributed by atoms with Gasteiger partial charge in [0.1, 0.15) is 22.1 Å². The number of sulfonamides is 1. The Balaban J connectivity index is 1.84. The van der Waals surface area contributed by atoms with E-state index in [4.69, 9.17) is 18.9 Å². The van der Waals surface area contributed by atoms with Crippen molar-refractivity contribution < 1.29 is 37.0 Å². The van der Waals surface area contributed by atoms with Crippen LogP contribution in [0.3, 0.4) is 0 Å². The highest BCUT2D eigenvalue weighted by Crippen LogP contribution is 2.55. The quantitative estimate of drug-likeness (QED) is 0.367. The number of rotatable bonds is 8. The standard InChI is InChI=1S/C31H32N4O8S/c1-33(2)30(37)43-28-11-8-16-34(28)31(22-9-6-7-10-25(22)41-4)23-17-20(19-32)12-14-24(23)35(29(31)36)44(38,39)27-15-13-21(40-3)18-26(27)42-5/h6-7,9-10,12-15,17-18,28H,8,11,16H2,1-5H3/t28-,31?/m0/s1. The summed E-state index contributed by atoms with van der Waals surface area (Å²) in [6, 6.07) is 17.5. The molecule has 5 rings (SSSR count). The summed E-state index contributed by atoms with van der Waals surface area (Å²) in [5.74, 6) is -0.211. The predicted octanol–water partition coefficient (Wildman–Crippen LogP) is 3.68. The van der Waals surface area contributed by atoms with E-state index >= 15 is 4.79 Å². The van der Waals surface area contributed by atoms with Crippen molar-refractivity contribution in [3.05, 3.63) is 77.4 Å². The second-order valence-corrected chi connectivity index (χ2v) is 12.2. The molecule has 0 aliphatic carbocycles. The highest BCUT2D eigenvalue weighted by atomic mass is 32.2. The molecule has 230 valence electrons. The molecule has 0 saturated carbocycles. The van der Waals surface area contributed by atoms with E-state index < -0.39 is 33.8 Å². The second kappa shape index (κ2) is 11.7. The first kappa shape index (κ1) is 30.7. The molecule has 2 heterocycles. The molecule has 0 aromatic heterocycles. The Labute approximate surface area is 255 Å². The minimum atomic E-state index is -4.63. The lowest BCUT2D eigenvalue weighted by molar-refractivity contribution is -0.132. The van der Waals surface area contributed by atoms with Gasteiger partial charge in [0.15, 0.2) is 11.8 Å². The van der Waals surface area contributed by atoms with E-state index in [1.165, 1.54) is 62.6 Å². The van der Waals surface area contributed by atoms with Crippen LogP contribution in [0, 0.1) is 11.3 Å². The summed E-state index contributed by atoms with van der Waals surface area (Å²) >= 11 is 0. The topological polar surface area (TPSA) is 139 Å². The van der Waals surface area contributed by atoms with Crippen LogP contribution in [0.2, 0.25) is 0 Å². The average molecular weight is 621 g/mol. The molecule has 0 radical (unpaired) electrons. The average Bonchev–Trinajstić information content (AvgIpc) is 3.59. The third kappa shape index (κ3) is 4.67. The number of para-hydroxylation sites is 1. The van der Waals surface area contributed by atoms with Gasteiger partial charge in [-0.2, -0.15) is 5.26 Å². The summed E-state index contributed by atoms with van der Waals surface area (Å²) in [5.41, 5.74) is -1.05. The third-order valence-corrected chi connectivity index (χ3v) is 9.58. The first-order valence-electron chi connectivity index (χ1n) is 13.7. The number of carbonyl (C=O) groups is 2. The molecule has 12 nitrogen and oxygen atoms in total. The molecule has 2 aliphatic heterocycles. The lowest BCUT2D eigenvalue weighted by atomic mass is 9.81. The van der Waals surface area contributed by atoms with Crippen molar-refractivity contribution in [3.8, 4) is 23.3 Å². The molecular formula is C31H32N4O8S. The Morgan fingerprint density at radius 3 is 2.36 bits per heavy atom. The van der Waals surface area contributed by atoms with Gasteiger partial charge in [0.2, 0.25) is 0 Å². The van der Waals surface area contributed by atoms with Crippen LogP contribution >= 0.6 is 0 Å². The molecule has 1 fully saturated rings. The molecule has 13 heteroatoms. The van der Waals surface area contributed by atoms with Crippen molar-refractivity contribution in [2.24, 2.45) is 0 Å². The van der Waals surface area contributed by atoms with Gasteiger partial charge in [0, 0.05) is 37.8 Å². The number of hydrogen-bond acceptors (Lipinski definition) is 10. The molecule has 44 heavy (non-hydrogen) atoms. The maximum absolute atomic E-state index is 15.2. The van der Waals surface area contributed by atoms with Crippen LogP contribution in [0.4, 0.5) is 10.5 Å². The Bertz CT molecular complexity index is 1770. The molecule has 3 aromatic carbocycles. The van der Waals surface area contributed by atoms with Gasteiger partial charge in [-0.3, -0.25) is 4.79 Å². The van der Waals surface area contributed by atoms with Crippen LogP contribution in [0.25, 0.3) is 0 Å². The summed E-state index contributed by atoms with van der Waals surface area (Å²) in [4.78, 5) is 30.7. The molecule has 3 aromatic rings. The zero-order valence-electron chi connectivity index (χ0n) is 24.9. The number of anilines is 1. The lowest BCUT2D eigenvalue weighted by Gasteiger charge is -2.41. The van der Waals surface area contributed by atoms with Gasteiger partial charge >= 0.3 is 6.09 Å². The minimum absolute atomic E-state index is 0.0268. The number of ether oxygens (including phenoxy) is 4. The number of carbonyl (C=O) groups excluding carboxylic acids is 2. The molecule has 2 aliphatic rings. The van der Waals surface area contributed by atoms with Crippen molar-refractivity contribution in [1.29, 1.82) is 5.26 Å². The Morgan fingerprint density at radius 1 is 0.977 bits per heavy atom. The van der Waals surface area contributed by atoms with E-state index in [2.05, 4.69) is 6.07 Å². The first-order valence-corrected chi connectivity index (χ1v) is 15.1. The molecular weight excluding hydrogens is 588 g/mol. The number of amides is 2. The largest absolute Gasteiger partial charge is 0.497 e. The molecule has 2 atom stereocenters. The number of fused-ring (bicyclic) bond motifs is 1. The number of likely N-dealkylation sites (tertiary alicyclic amines) is 1. The number of benzene rings is 3. The predicted molar refractivity (Wildman–Crippen MR) is 159 cm³/mol. The Hall–Kier alpha value is -4.80. The van der Waals surface area contributed by atoms with Crippen LogP contribution in [0.5, 0.6) is 17.2 Å². The highest BCUT2D eigenvalue weighted by Gasteiger charge is 2.63. The molecule has 2 amide bonds. The Kier molecular flexibility index (Phi) is 8.15. The van der Waals surface area contributed by atoms with Crippen molar-refractivity contribution >= 4 is 27.7 Å². The van der Waals surface area contributed by atoms with Gasteiger partial charge in [-0.15, -0.1) is 0 Å². The fraction of sp³-hybridized carbons (Fsp3) is 0.323. The monoisotopic (exact) mass is 620 g/mol. The van der Waals surface area contributed by atoms with Crippen LogP contribution in [0.15, 0.2) is 65.6 Å². The van der Waals surface area contributed by atoms with Crippen LogP contribution in [-0.4, -0.2) is 78.4 Å². The van der Waals surface area contributed by atoms with Crippen molar-refractivity contribution in [2.75, 3.05) is 46.3 Å². The van der Waals surface area contributed by atoms with Gasteiger partial charge in [-0.25, -0.2) is 22.4 Å². The molecule has 0 spiro atoms. The zero-order chi connectivity index (χ0) is 31.8. The van der Waals surface area contributed by atoms with Crippen LogP contribution < -0.4 is 18.5 Å². The lowest BCUT2D eigenvalue weighted by Crippen LogP contribution is -2.57. The van der Waals surface area contributed by atoms with E-state index in [0.29, 0.717) is 29.9 Å². The first-order chi connectivity index (χ1) is 21.1. The SMILES string of the molecule is COc1ccc(S(=O)(=O)N2C(=O)C(c3ccccc3OC)(N3CCC[C@@H]3OC(=O)N(C)C)c3cc(C#N)ccc32)c(OC)c1. The highest BCUT2D eigenvalue weighted by molar-refractivity contribution is 7.93. The van der Waals surface area contributed by atoms with E-state index in [1.54, 1.807) is 43.3 Å². The smallest absolute Gasteiger partial charge is 0.410 e. The summed E-state index contributed by atoms with van der Waals surface area (Å²) in [6.45, 7) is 0.269. The summed E-state index contributed by atoms with van der Waals surface area (Å²) in [5, 5.41) is 9.89. The molecule has 1 saturated heterocycles. The van der Waals surface area contributed by atoms with Gasteiger partial charge in [0.05, 0.1) is 38.6 Å². The van der Waals surface area contributed by atoms with Gasteiger partial charge < -0.3 is 23.8 Å². The fourth-order valence-electron chi connectivity index (χ4n) is 5.87. The molecule has 0 N–H and O–H groups in total. The summed E-state index contributed by atoms with van der Waals surface area (Å²) < 4.78 is 52.1. The number of nitriles is 1. The van der Waals surface area contributed by atoms with E-state index in [9.17, 15) is 18.5 Å². The third-order valence-electron chi connectivity index (χ3n) is 7.84. The maximum atomic E-state index is 15.2. The summed E-state index contributed by atoms with van der Waals surface area (Å²) in [7, 11) is 2.66. The van der Waals surface area contributed by atoms with E-state index in [0.717, 1.165) is 4.31 Å². The second-order valence-electron chi connectivity index (χ2n) is 10.4. The maximum Gasteiger partial charge on any atom is 0.410 e. The van der Waals surface area contributed by atoms with Crippen LogP contribution in [-0.2, 0) is 25.1 Å². The number of methoxy groups -OCH3 is 3. The van der Waals surface area contributed by atoms with Gasteiger partial charge in [-0.1, -0.05) is 18.2 Å². The van der Waals surface area contributed by atoms with Gasteiger partial charge in [0.25, 0.3) is 15.9 Å². The van der Waals surface area contributed by atoms with Crippen molar-refractivity contribution in [2.45, 2.75) is 29.5 Å². The normalized spacial score (nSPS) is 19.7. The number of hydrogen-bond donors (Lipinski definition) is 0. The molecule has 1 unspecified atom stereocenters. The number of nitrogens with zero attached hydrogens (tertiary/aromatic N) is 4. The van der Waals surface area contributed by atoms with E-state index in [-0.39, 0.29) is 34.0 Å². The van der Waals surface area contributed by atoms with Crippen molar-refractivity contribution in [1.82, 2.24) is 9.80 Å². The molecule has 0 bridgehead atoms. The summed E-state index contributed by atoms with van der Waals surface area (Å²) in [6.07, 6.45) is -0.602. The van der Waals surface area contributed by atoms with Gasteiger partial charge in [-0.05, 0) is 49.2 Å². The van der Waals surface area contributed by atoms with Crippen molar-refractivity contribution in [3.63, 3.8) is 0 Å². The zero-order valence-corrected chi connectivity index (χ0v) is 25.8. The van der Waals surface area contributed by atoms with E-state index in [1.807, 2.05) is 0 Å².